The molecule has 0 aromatic carbocycles. The van der Waals surface area contributed by atoms with Gasteiger partial charge in [0.2, 0.25) is 0 Å². The van der Waals surface area contributed by atoms with Crippen LogP contribution in [0.1, 0.15) is 0 Å². The van der Waals surface area contributed by atoms with Crippen LogP contribution in [-0.4, -0.2) is 19.6 Å². The monoisotopic (exact) mass is 134 g/mol. The summed E-state index contributed by atoms with van der Waals surface area (Å²) in [7, 11) is 0. The Kier molecular flexibility index (Phi) is 0.858. The second-order valence-electron chi connectivity index (χ2n) is 1.85. The van der Waals surface area contributed by atoms with Gasteiger partial charge >= 0.3 is 0 Å². The molecule has 2 aromatic rings. The van der Waals surface area contributed by atoms with Crippen LogP contribution in [0.2, 0.25) is 0 Å². The average Bonchev–Trinajstić information content (AvgIpc) is 2.34. The van der Waals surface area contributed by atoms with E-state index >= 15 is 0 Å². The Bertz CT molecular complexity index is 352. The molecule has 0 aliphatic heterocycles. The van der Waals surface area contributed by atoms with Crippen molar-refractivity contribution in [2.45, 2.75) is 0 Å². The van der Waals surface area contributed by atoms with Crippen molar-refractivity contribution in [2.24, 2.45) is 0 Å². The Balaban J connectivity index is 2.93. The molecule has 0 spiro atoms. The van der Waals surface area contributed by atoms with Crippen LogP contribution in [0.25, 0.3) is 17.0 Å². The first-order valence-electron chi connectivity index (χ1n) is 2.72. The molecule has 0 bridgehead atoms. The summed E-state index contributed by atoms with van der Waals surface area (Å²) in [6.07, 6.45) is 4.36. The van der Waals surface area contributed by atoms with E-state index in [0.717, 1.165) is 4.68 Å². The molecule has 0 fully saturated rings. The van der Waals surface area contributed by atoms with Gasteiger partial charge in [0.05, 0.1) is 12.5 Å². The van der Waals surface area contributed by atoms with Crippen molar-refractivity contribution in [3.8, 4) is 0 Å². The van der Waals surface area contributed by atoms with Crippen molar-refractivity contribution < 1.29 is 0 Å². The SMILES string of the molecule is [NH-]n1cnc2cncnc21. The quantitative estimate of drug-likeness (QED) is 0.531. The van der Waals surface area contributed by atoms with E-state index in [4.69, 9.17) is 5.84 Å². The van der Waals surface area contributed by atoms with Gasteiger partial charge in [-0.15, -0.1) is 0 Å². The first kappa shape index (κ1) is 5.16. The fraction of sp³-hybridized carbons (Fsp3) is 0. The molecule has 2 rings (SSSR count). The van der Waals surface area contributed by atoms with Gasteiger partial charge in [-0.2, -0.15) is 0 Å². The number of nitrogens with zero attached hydrogens (tertiary/aromatic N) is 4. The van der Waals surface area contributed by atoms with Crippen LogP contribution < -0.4 is 0 Å². The normalized spacial score (nSPS) is 10.4. The lowest BCUT2D eigenvalue weighted by Crippen LogP contribution is -1.83. The first-order valence-corrected chi connectivity index (χ1v) is 2.72. The Morgan fingerprint density at radius 1 is 1.40 bits per heavy atom. The minimum atomic E-state index is 0.537. The van der Waals surface area contributed by atoms with E-state index in [2.05, 4.69) is 15.0 Å². The van der Waals surface area contributed by atoms with Crippen LogP contribution in [0.4, 0.5) is 0 Å². The molecule has 0 saturated carbocycles. The maximum Gasteiger partial charge on any atom is 0.149 e. The number of nitrogens with one attached hydrogen (secondary N) is 1. The Morgan fingerprint density at radius 2 is 2.30 bits per heavy atom. The second kappa shape index (κ2) is 1.66. The summed E-state index contributed by atoms with van der Waals surface area (Å²) >= 11 is 0. The fourth-order valence-electron chi connectivity index (χ4n) is 0.767. The van der Waals surface area contributed by atoms with E-state index in [9.17, 15) is 0 Å². The van der Waals surface area contributed by atoms with E-state index < -0.39 is 0 Å². The topological polar surface area (TPSA) is 67.4 Å². The van der Waals surface area contributed by atoms with E-state index in [0.29, 0.717) is 11.2 Å². The largest absolute Gasteiger partial charge is 0.629 e. The molecule has 0 aliphatic rings. The zero-order chi connectivity index (χ0) is 6.97. The van der Waals surface area contributed by atoms with E-state index in [1.165, 1.54) is 12.7 Å². The molecule has 0 atom stereocenters. The van der Waals surface area contributed by atoms with Crippen LogP contribution in [0.5, 0.6) is 0 Å². The van der Waals surface area contributed by atoms with Gasteiger partial charge in [0.15, 0.2) is 0 Å². The molecule has 0 aliphatic carbocycles. The summed E-state index contributed by atoms with van der Waals surface area (Å²) in [5, 5.41) is 0. The Labute approximate surface area is 56.5 Å². The molecular formula is C5H4N5-. The van der Waals surface area contributed by atoms with Crippen LogP contribution >= 0.6 is 0 Å². The third kappa shape index (κ3) is 0.540. The second-order valence-corrected chi connectivity index (χ2v) is 1.85. The van der Waals surface area contributed by atoms with E-state index in [1.54, 1.807) is 6.20 Å². The van der Waals surface area contributed by atoms with Crippen molar-refractivity contribution in [3.63, 3.8) is 0 Å². The number of hydrogen-bond acceptors (Lipinski definition) is 3. The molecule has 0 saturated heterocycles. The summed E-state index contributed by atoms with van der Waals surface area (Å²) in [6.45, 7) is 0. The highest BCUT2D eigenvalue weighted by atomic mass is 15.3. The van der Waals surface area contributed by atoms with Gasteiger partial charge in [-0.1, -0.05) is 0 Å². The van der Waals surface area contributed by atoms with Crippen LogP contribution in [0, 0.1) is 0 Å². The zero-order valence-electron chi connectivity index (χ0n) is 5.02. The summed E-state index contributed by atoms with van der Waals surface area (Å²) < 4.78 is 1.11. The highest BCUT2D eigenvalue weighted by Gasteiger charge is 1.93. The van der Waals surface area contributed by atoms with Crippen LogP contribution in [-0.2, 0) is 0 Å². The van der Waals surface area contributed by atoms with E-state index in [-0.39, 0.29) is 0 Å². The number of rotatable bonds is 0. The predicted octanol–water partition coefficient (Wildman–Crippen LogP) is 0.642. The Hall–Kier alpha value is -1.65. The molecule has 5 nitrogen and oxygen atoms in total. The van der Waals surface area contributed by atoms with Gasteiger partial charge in [0.1, 0.15) is 17.5 Å². The van der Waals surface area contributed by atoms with E-state index in [1.807, 2.05) is 0 Å². The molecule has 0 radical (unpaired) electrons. The third-order valence-electron chi connectivity index (χ3n) is 1.21. The molecule has 2 aromatic heterocycles. The zero-order valence-corrected chi connectivity index (χ0v) is 5.02. The highest BCUT2D eigenvalue weighted by Crippen LogP contribution is 2.04. The van der Waals surface area contributed by atoms with Gasteiger partial charge in [0.25, 0.3) is 0 Å². The molecular weight excluding hydrogens is 130 g/mol. The van der Waals surface area contributed by atoms with Gasteiger partial charge in [0, 0.05) is 0 Å². The maximum atomic E-state index is 7.21. The number of fused-ring (bicyclic) bond motifs is 1. The van der Waals surface area contributed by atoms with Gasteiger partial charge < -0.3 is 10.5 Å². The van der Waals surface area contributed by atoms with Crippen molar-refractivity contribution in [1.29, 1.82) is 0 Å². The van der Waals surface area contributed by atoms with Gasteiger partial charge in [-0.3, -0.25) is 0 Å². The van der Waals surface area contributed by atoms with Crippen molar-refractivity contribution in [2.75, 3.05) is 0 Å². The smallest absolute Gasteiger partial charge is 0.149 e. The van der Waals surface area contributed by atoms with Crippen molar-refractivity contribution >= 4 is 11.2 Å². The first-order chi connectivity index (χ1) is 4.88. The lowest BCUT2D eigenvalue weighted by atomic mass is 10.6. The third-order valence-corrected chi connectivity index (χ3v) is 1.21. The standard InChI is InChI=1S/C5H4N5/c6-10-3-9-4-1-7-2-8-5(4)10/h1-3,6H/q-1. The summed E-state index contributed by atoms with van der Waals surface area (Å²) in [6, 6.07) is 0. The highest BCUT2D eigenvalue weighted by molar-refractivity contribution is 5.68. The Morgan fingerprint density at radius 3 is 3.10 bits per heavy atom. The molecule has 5 heteroatoms. The minimum Gasteiger partial charge on any atom is -0.629 e. The van der Waals surface area contributed by atoms with Crippen LogP contribution in [0.15, 0.2) is 18.9 Å². The minimum absolute atomic E-state index is 0.537. The summed E-state index contributed by atoms with van der Waals surface area (Å²) in [4.78, 5) is 11.5. The van der Waals surface area contributed by atoms with Crippen molar-refractivity contribution in [3.05, 3.63) is 24.7 Å². The fourth-order valence-corrected chi connectivity index (χ4v) is 0.767. The number of aromatic nitrogens is 4. The predicted molar refractivity (Wildman–Crippen MR) is 35.0 cm³/mol. The molecule has 0 unspecified atom stereocenters. The lowest BCUT2D eigenvalue weighted by molar-refractivity contribution is 1.07. The molecule has 10 heavy (non-hydrogen) atoms. The molecule has 1 N–H and O–H groups in total. The molecule has 0 amide bonds. The number of imidazole rings is 1. The maximum absolute atomic E-state index is 7.21. The summed E-state index contributed by atoms with van der Waals surface area (Å²) in [5.41, 5.74) is 1.19. The number of hydrogen-bond donors (Lipinski definition) is 0. The summed E-state index contributed by atoms with van der Waals surface area (Å²) in [5.74, 6) is 7.21. The lowest BCUT2D eigenvalue weighted by Gasteiger charge is -2.00. The van der Waals surface area contributed by atoms with Crippen LogP contribution in [0.3, 0.4) is 0 Å². The van der Waals surface area contributed by atoms with Gasteiger partial charge in [-0.05, 0) is 0 Å². The molecule has 2 heterocycles. The van der Waals surface area contributed by atoms with Gasteiger partial charge in [-0.25, -0.2) is 15.0 Å². The molecule has 50 valence electrons. The van der Waals surface area contributed by atoms with Crippen molar-refractivity contribution in [1.82, 2.24) is 19.6 Å². The average molecular weight is 134 g/mol.